The van der Waals surface area contributed by atoms with E-state index in [4.69, 9.17) is 23.2 Å². The lowest BCUT2D eigenvalue weighted by molar-refractivity contribution is -0.127. The van der Waals surface area contributed by atoms with Crippen LogP contribution in [0.3, 0.4) is 0 Å². The molecule has 2 saturated heterocycles. The Kier molecular flexibility index (Phi) is 7.09. The third-order valence-electron chi connectivity index (χ3n) is 10.6. The number of allylic oxidation sites excluding steroid dienone is 2. The number of aromatic hydroxyl groups is 1. The van der Waals surface area contributed by atoms with Gasteiger partial charge in [0.2, 0.25) is 23.6 Å². The number of amides is 4. The van der Waals surface area contributed by atoms with Crippen molar-refractivity contribution < 1.29 is 28.7 Å². The van der Waals surface area contributed by atoms with Crippen LogP contribution < -0.4 is 9.80 Å². The van der Waals surface area contributed by atoms with Crippen molar-refractivity contribution in [1.82, 2.24) is 0 Å². The minimum absolute atomic E-state index is 0.0730. The summed E-state index contributed by atoms with van der Waals surface area (Å²) in [4.78, 5) is 60.4. The van der Waals surface area contributed by atoms with Gasteiger partial charge in [0.1, 0.15) is 0 Å². The number of rotatable bonds is 4. The molecule has 0 spiro atoms. The highest BCUT2D eigenvalue weighted by Crippen LogP contribution is 2.65. The largest absolute Gasteiger partial charge is 0.505 e. The number of hydrogen-bond donors (Lipinski definition) is 1. The number of halogens is 3. The van der Waals surface area contributed by atoms with Crippen LogP contribution in [0, 0.1) is 29.5 Å². The zero-order valence-electron chi connectivity index (χ0n) is 25.2. The normalized spacial score (nSPS) is 27.9. The van der Waals surface area contributed by atoms with Crippen molar-refractivity contribution in [2.45, 2.75) is 24.2 Å². The van der Waals surface area contributed by atoms with E-state index in [1.165, 1.54) is 17.0 Å². The third kappa shape index (κ3) is 4.18. The molecule has 0 bridgehead atoms. The highest BCUT2D eigenvalue weighted by molar-refractivity contribution is 6.32. The summed E-state index contributed by atoms with van der Waals surface area (Å²) in [5.74, 6) is -7.64. The number of benzene rings is 4. The van der Waals surface area contributed by atoms with E-state index in [1.807, 2.05) is 6.08 Å². The summed E-state index contributed by atoms with van der Waals surface area (Å²) in [6, 6.07) is 25.9. The number of para-hydroxylation sites is 1. The predicted molar refractivity (Wildman–Crippen MR) is 178 cm³/mol. The second-order valence-corrected chi connectivity index (χ2v) is 13.6. The number of carbonyl (C=O) groups excluding carboxylic acids is 4. The SMILES string of the molecule is O=C1[C@H]2[C@H](CC=C3[C@H]2C[C@H]2C(=O)N(c4cccc(Cl)c4)C(=O)[C@@]2(c2ccccc2)[C@H]3c2cccc(F)c2O)C(=O)N1c1ccc(Cl)cc1. The molecule has 10 heteroatoms. The van der Waals surface area contributed by atoms with Crippen molar-refractivity contribution in [2.75, 3.05) is 9.80 Å². The van der Waals surface area contributed by atoms with Crippen LogP contribution in [-0.2, 0) is 24.6 Å². The monoisotopic (exact) mass is 680 g/mol. The van der Waals surface area contributed by atoms with Gasteiger partial charge in [-0.05, 0) is 72.9 Å². The summed E-state index contributed by atoms with van der Waals surface area (Å²) in [7, 11) is 0. The van der Waals surface area contributed by atoms with Gasteiger partial charge in [-0.25, -0.2) is 9.29 Å². The first-order chi connectivity index (χ1) is 23.1. The van der Waals surface area contributed by atoms with Gasteiger partial charge in [-0.3, -0.25) is 24.1 Å². The highest BCUT2D eigenvalue weighted by atomic mass is 35.5. The lowest BCUT2D eigenvalue weighted by Crippen LogP contribution is -2.53. The molecule has 1 saturated carbocycles. The van der Waals surface area contributed by atoms with E-state index in [-0.39, 0.29) is 30.0 Å². The van der Waals surface area contributed by atoms with E-state index < -0.39 is 64.3 Å². The van der Waals surface area contributed by atoms with Gasteiger partial charge in [-0.15, -0.1) is 0 Å². The van der Waals surface area contributed by atoms with Crippen LogP contribution in [0.5, 0.6) is 5.75 Å². The molecule has 4 amide bonds. The molecule has 4 aromatic rings. The van der Waals surface area contributed by atoms with Crippen LogP contribution >= 0.6 is 23.2 Å². The van der Waals surface area contributed by atoms with Crippen LogP contribution in [0.2, 0.25) is 10.0 Å². The van der Waals surface area contributed by atoms with Crippen molar-refractivity contribution in [1.29, 1.82) is 0 Å². The fraction of sp³-hybridized carbons (Fsp3) is 0.211. The minimum atomic E-state index is -1.62. The van der Waals surface area contributed by atoms with Crippen LogP contribution in [0.15, 0.2) is 109 Å². The van der Waals surface area contributed by atoms with Crippen LogP contribution in [-0.4, -0.2) is 28.7 Å². The number of imide groups is 2. The van der Waals surface area contributed by atoms with Gasteiger partial charge in [0.25, 0.3) is 0 Å². The molecule has 8 rings (SSSR count). The van der Waals surface area contributed by atoms with E-state index in [0.29, 0.717) is 26.9 Å². The Labute approximate surface area is 285 Å². The van der Waals surface area contributed by atoms with Gasteiger partial charge in [-0.2, -0.15) is 0 Å². The Hall–Kier alpha value is -4.79. The van der Waals surface area contributed by atoms with E-state index >= 15 is 9.18 Å². The summed E-state index contributed by atoms with van der Waals surface area (Å²) in [6.45, 7) is 0. The molecule has 0 radical (unpaired) electrons. The Morgan fingerprint density at radius 2 is 1.46 bits per heavy atom. The molecule has 2 aliphatic carbocycles. The lowest BCUT2D eigenvalue weighted by Gasteiger charge is -2.50. The minimum Gasteiger partial charge on any atom is -0.505 e. The molecular weight excluding hydrogens is 654 g/mol. The van der Waals surface area contributed by atoms with E-state index in [9.17, 15) is 19.5 Å². The van der Waals surface area contributed by atoms with Gasteiger partial charge in [0.15, 0.2) is 11.6 Å². The molecule has 4 aliphatic rings. The van der Waals surface area contributed by atoms with Gasteiger partial charge < -0.3 is 5.11 Å². The zero-order valence-corrected chi connectivity index (χ0v) is 26.7. The van der Waals surface area contributed by atoms with E-state index in [0.717, 1.165) is 11.0 Å². The number of anilines is 2. The summed E-state index contributed by atoms with van der Waals surface area (Å²) < 4.78 is 15.2. The summed E-state index contributed by atoms with van der Waals surface area (Å²) in [5.41, 5.74) is 0.301. The molecule has 7 nitrogen and oxygen atoms in total. The Bertz CT molecular complexity index is 2070. The first-order valence-electron chi connectivity index (χ1n) is 15.6. The molecule has 0 unspecified atom stereocenters. The van der Waals surface area contributed by atoms with Crippen molar-refractivity contribution in [3.63, 3.8) is 0 Å². The molecule has 2 aliphatic heterocycles. The Balaban J connectivity index is 1.36. The molecule has 3 fully saturated rings. The van der Waals surface area contributed by atoms with Crippen molar-refractivity contribution in [3.05, 3.63) is 136 Å². The molecular formula is C38H27Cl2FN2O5. The van der Waals surface area contributed by atoms with E-state index in [2.05, 4.69) is 0 Å². The summed E-state index contributed by atoms with van der Waals surface area (Å²) >= 11 is 12.4. The first-order valence-corrected chi connectivity index (χ1v) is 16.4. The van der Waals surface area contributed by atoms with Gasteiger partial charge in [0, 0.05) is 21.5 Å². The van der Waals surface area contributed by atoms with Crippen molar-refractivity contribution in [2.24, 2.45) is 23.7 Å². The molecule has 48 heavy (non-hydrogen) atoms. The second kappa shape index (κ2) is 11.1. The smallest absolute Gasteiger partial charge is 0.246 e. The number of fused-ring (bicyclic) bond motifs is 4. The van der Waals surface area contributed by atoms with Crippen LogP contribution in [0.25, 0.3) is 0 Å². The Morgan fingerprint density at radius 1 is 0.729 bits per heavy atom. The fourth-order valence-corrected chi connectivity index (χ4v) is 9.01. The van der Waals surface area contributed by atoms with Gasteiger partial charge >= 0.3 is 0 Å². The number of carbonyl (C=O) groups is 4. The molecule has 4 aromatic carbocycles. The van der Waals surface area contributed by atoms with Crippen LogP contribution in [0.4, 0.5) is 15.8 Å². The average Bonchev–Trinajstić information content (AvgIpc) is 3.47. The number of phenolic OH excluding ortho intramolecular Hbond substituents is 1. The molecule has 240 valence electrons. The molecule has 1 N–H and O–H groups in total. The predicted octanol–water partition coefficient (Wildman–Crippen LogP) is 7.21. The molecule has 0 aromatic heterocycles. The second-order valence-electron chi connectivity index (χ2n) is 12.8. The topological polar surface area (TPSA) is 95.0 Å². The quantitative estimate of drug-likeness (QED) is 0.182. The molecule has 2 heterocycles. The van der Waals surface area contributed by atoms with Crippen LogP contribution in [0.1, 0.15) is 29.9 Å². The number of phenols is 1. The number of hydrogen-bond acceptors (Lipinski definition) is 5. The average molecular weight is 682 g/mol. The Morgan fingerprint density at radius 3 is 2.19 bits per heavy atom. The first kappa shape index (κ1) is 30.5. The van der Waals surface area contributed by atoms with Crippen molar-refractivity contribution >= 4 is 58.2 Å². The zero-order chi connectivity index (χ0) is 33.5. The maximum Gasteiger partial charge on any atom is 0.246 e. The maximum absolute atomic E-state index is 15.2. The molecule has 6 atom stereocenters. The fourth-order valence-electron chi connectivity index (χ4n) is 8.70. The lowest BCUT2D eigenvalue weighted by atomic mass is 9.49. The third-order valence-corrected chi connectivity index (χ3v) is 11.1. The summed E-state index contributed by atoms with van der Waals surface area (Å²) in [6.07, 6.45) is 2.12. The van der Waals surface area contributed by atoms with Crippen molar-refractivity contribution in [3.8, 4) is 5.75 Å². The van der Waals surface area contributed by atoms with E-state index in [1.54, 1.807) is 78.9 Å². The standard InChI is InChI=1S/C38H27Cl2FN2O5/c39-21-12-14-23(15-13-21)42-34(45)26-17-16-25-28(31(26)36(42)47)19-29-35(46)43(24-9-4-8-22(40)18-24)37(48)38(29,20-6-2-1-3-7-20)32(25)27-10-5-11-30(41)33(27)44/h1-16,18,26,28-29,31-32,44H,17,19H2/t26-,28+,29-,31-,32+,38+/m0/s1. The maximum atomic E-state index is 15.2. The van der Waals surface area contributed by atoms with Gasteiger partial charge in [0.05, 0.1) is 34.5 Å². The number of nitrogens with zero attached hydrogens (tertiary/aromatic N) is 2. The summed E-state index contributed by atoms with van der Waals surface area (Å²) in [5, 5.41) is 12.1. The highest BCUT2D eigenvalue weighted by Gasteiger charge is 2.70. The van der Waals surface area contributed by atoms with Gasteiger partial charge in [-0.1, -0.05) is 83.4 Å².